The van der Waals surface area contributed by atoms with Crippen molar-refractivity contribution in [3.63, 3.8) is 0 Å². The maximum atomic E-state index is 12.3. The minimum Gasteiger partial charge on any atom is -0.481 e. The minimum atomic E-state index is -0.845. The van der Waals surface area contributed by atoms with Gasteiger partial charge in [0.25, 0.3) is 0 Å². The standard InChI is InChI=1S/C18H18N2O4/c21-16(17(22)20-10-8-13(9-11-20)18(23)24)19-15-7-3-5-12-4-1-2-6-14(12)15/h1-7,13H,8-11H2,(H,19,21)(H,23,24). The van der Waals surface area contributed by atoms with Gasteiger partial charge in [0.05, 0.1) is 5.92 Å². The Hall–Kier alpha value is -2.89. The fourth-order valence-corrected chi connectivity index (χ4v) is 2.98. The van der Waals surface area contributed by atoms with E-state index in [0.717, 1.165) is 10.8 Å². The molecule has 6 heteroatoms. The molecule has 1 saturated heterocycles. The minimum absolute atomic E-state index is 0.290. The highest BCUT2D eigenvalue weighted by Gasteiger charge is 2.30. The van der Waals surface area contributed by atoms with Gasteiger partial charge in [-0.25, -0.2) is 0 Å². The molecule has 0 radical (unpaired) electrons. The van der Waals surface area contributed by atoms with E-state index < -0.39 is 23.7 Å². The van der Waals surface area contributed by atoms with Crippen LogP contribution in [0.3, 0.4) is 0 Å². The van der Waals surface area contributed by atoms with E-state index in [9.17, 15) is 14.4 Å². The number of carboxylic acids is 1. The topological polar surface area (TPSA) is 86.7 Å². The first-order chi connectivity index (χ1) is 11.6. The van der Waals surface area contributed by atoms with Crippen LogP contribution in [-0.4, -0.2) is 40.9 Å². The lowest BCUT2D eigenvalue weighted by molar-refractivity contribution is -0.148. The van der Waals surface area contributed by atoms with Crippen LogP contribution >= 0.6 is 0 Å². The number of fused-ring (bicyclic) bond motifs is 1. The van der Waals surface area contributed by atoms with Gasteiger partial charge in [0.15, 0.2) is 0 Å². The molecular weight excluding hydrogens is 308 g/mol. The van der Waals surface area contributed by atoms with Crippen molar-refractivity contribution >= 4 is 34.2 Å². The first kappa shape index (κ1) is 16.0. The molecule has 1 fully saturated rings. The van der Waals surface area contributed by atoms with Crippen molar-refractivity contribution in [2.75, 3.05) is 18.4 Å². The Bertz CT molecular complexity index is 789. The summed E-state index contributed by atoms with van der Waals surface area (Å²) < 4.78 is 0. The SMILES string of the molecule is O=C(Nc1cccc2ccccc12)C(=O)N1CCC(C(=O)O)CC1. The number of hydrogen-bond acceptors (Lipinski definition) is 3. The molecule has 24 heavy (non-hydrogen) atoms. The Morgan fingerprint density at radius 3 is 2.38 bits per heavy atom. The first-order valence-corrected chi connectivity index (χ1v) is 7.87. The number of piperidine rings is 1. The number of anilines is 1. The Balaban J connectivity index is 1.68. The molecule has 1 aliphatic heterocycles. The van der Waals surface area contributed by atoms with Crippen molar-refractivity contribution < 1.29 is 19.5 Å². The highest BCUT2D eigenvalue weighted by atomic mass is 16.4. The van der Waals surface area contributed by atoms with Crippen LogP contribution in [0.15, 0.2) is 42.5 Å². The number of nitrogens with zero attached hydrogens (tertiary/aromatic N) is 1. The molecule has 0 spiro atoms. The third-order valence-corrected chi connectivity index (χ3v) is 4.36. The lowest BCUT2D eigenvalue weighted by atomic mass is 9.97. The van der Waals surface area contributed by atoms with Gasteiger partial charge in [-0.1, -0.05) is 36.4 Å². The molecule has 1 heterocycles. The van der Waals surface area contributed by atoms with Gasteiger partial charge < -0.3 is 15.3 Å². The highest BCUT2D eigenvalue weighted by molar-refractivity contribution is 6.40. The summed E-state index contributed by atoms with van der Waals surface area (Å²) in [6.45, 7) is 0.581. The molecule has 0 bridgehead atoms. The van der Waals surface area contributed by atoms with Crippen molar-refractivity contribution in [2.45, 2.75) is 12.8 Å². The van der Waals surface area contributed by atoms with Crippen LogP contribution in [0.25, 0.3) is 10.8 Å². The van der Waals surface area contributed by atoms with Crippen molar-refractivity contribution in [1.29, 1.82) is 0 Å². The number of carbonyl (C=O) groups excluding carboxylic acids is 2. The van der Waals surface area contributed by atoms with E-state index in [2.05, 4.69) is 5.32 Å². The van der Waals surface area contributed by atoms with E-state index in [-0.39, 0.29) is 0 Å². The monoisotopic (exact) mass is 326 g/mol. The summed E-state index contributed by atoms with van der Waals surface area (Å²) in [7, 11) is 0. The average Bonchev–Trinajstić information content (AvgIpc) is 2.61. The lowest BCUT2D eigenvalue weighted by Gasteiger charge is -2.29. The second kappa shape index (κ2) is 6.70. The second-order valence-corrected chi connectivity index (χ2v) is 5.89. The summed E-state index contributed by atoms with van der Waals surface area (Å²) in [6, 6.07) is 13.1. The zero-order chi connectivity index (χ0) is 17.1. The normalized spacial score (nSPS) is 15.2. The Labute approximate surface area is 139 Å². The summed E-state index contributed by atoms with van der Waals surface area (Å²) in [6.07, 6.45) is 0.755. The molecule has 2 aromatic carbocycles. The summed E-state index contributed by atoms with van der Waals surface area (Å²) >= 11 is 0. The lowest BCUT2D eigenvalue weighted by Crippen LogP contribution is -2.45. The largest absolute Gasteiger partial charge is 0.481 e. The number of nitrogens with one attached hydrogen (secondary N) is 1. The van der Waals surface area contributed by atoms with Gasteiger partial charge in [-0.05, 0) is 24.3 Å². The predicted octanol–water partition coefficient (Wildman–Crippen LogP) is 2.10. The van der Waals surface area contributed by atoms with Crippen LogP contribution in [0.4, 0.5) is 5.69 Å². The predicted molar refractivity (Wildman–Crippen MR) is 89.5 cm³/mol. The van der Waals surface area contributed by atoms with E-state index in [4.69, 9.17) is 5.11 Å². The molecule has 2 N–H and O–H groups in total. The fraction of sp³-hybridized carbons (Fsp3) is 0.278. The van der Waals surface area contributed by atoms with Gasteiger partial charge in [-0.2, -0.15) is 0 Å². The second-order valence-electron chi connectivity index (χ2n) is 5.89. The summed E-state index contributed by atoms with van der Waals surface area (Å²) in [4.78, 5) is 36.9. The molecule has 2 amide bonds. The van der Waals surface area contributed by atoms with Crippen LogP contribution in [0.1, 0.15) is 12.8 Å². The Morgan fingerprint density at radius 1 is 1.00 bits per heavy atom. The van der Waals surface area contributed by atoms with Crippen molar-refractivity contribution in [3.8, 4) is 0 Å². The van der Waals surface area contributed by atoms with E-state index in [1.165, 1.54) is 4.90 Å². The van der Waals surface area contributed by atoms with Gasteiger partial charge in [0, 0.05) is 24.2 Å². The maximum Gasteiger partial charge on any atom is 0.313 e. The van der Waals surface area contributed by atoms with Gasteiger partial charge >= 0.3 is 17.8 Å². The Kier molecular flexibility index (Phi) is 4.46. The van der Waals surface area contributed by atoms with E-state index in [1.807, 2.05) is 36.4 Å². The molecule has 0 saturated carbocycles. The third kappa shape index (κ3) is 3.22. The molecule has 1 aliphatic rings. The number of amides is 2. The van der Waals surface area contributed by atoms with Crippen LogP contribution in [-0.2, 0) is 14.4 Å². The molecule has 124 valence electrons. The summed E-state index contributed by atoms with van der Waals surface area (Å²) in [5.41, 5.74) is 0.590. The summed E-state index contributed by atoms with van der Waals surface area (Å²) in [5, 5.41) is 13.5. The van der Waals surface area contributed by atoms with Crippen molar-refractivity contribution in [3.05, 3.63) is 42.5 Å². The molecule has 0 unspecified atom stereocenters. The number of likely N-dealkylation sites (tertiary alicyclic amines) is 1. The molecule has 6 nitrogen and oxygen atoms in total. The summed E-state index contributed by atoms with van der Waals surface area (Å²) in [5.74, 6) is -2.59. The number of hydrogen-bond donors (Lipinski definition) is 2. The number of benzene rings is 2. The van der Waals surface area contributed by atoms with E-state index >= 15 is 0 Å². The zero-order valence-electron chi connectivity index (χ0n) is 13.1. The number of aliphatic carboxylic acids is 1. The van der Waals surface area contributed by atoms with Crippen LogP contribution in [0.5, 0.6) is 0 Å². The number of carbonyl (C=O) groups is 3. The first-order valence-electron chi connectivity index (χ1n) is 7.87. The molecule has 3 rings (SSSR count). The van der Waals surface area contributed by atoms with Crippen LogP contribution in [0.2, 0.25) is 0 Å². The third-order valence-electron chi connectivity index (χ3n) is 4.36. The molecule has 0 aromatic heterocycles. The van der Waals surface area contributed by atoms with Gasteiger partial charge in [-0.3, -0.25) is 14.4 Å². The van der Waals surface area contributed by atoms with Crippen molar-refractivity contribution in [2.24, 2.45) is 5.92 Å². The Morgan fingerprint density at radius 2 is 1.67 bits per heavy atom. The van der Waals surface area contributed by atoms with Gasteiger partial charge in [-0.15, -0.1) is 0 Å². The molecular formula is C18H18N2O4. The maximum absolute atomic E-state index is 12.3. The molecule has 0 aliphatic carbocycles. The van der Waals surface area contributed by atoms with Gasteiger partial charge in [0.1, 0.15) is 0 Å². The number of rotatable bonds is 2. The smallest absolute Gasteiger partial charge is 0.313 e. The van der Waals surface area contributed by atoms with Crippen LogP contribution in [0, 0.1) is 5.92 Å². The van der Waals surface area contributed by atoms with Crippen molar-refractivity contribution in [1.82, 2.24) is 4.90 Å². The van der Waals surface area contributed by atoms with E-state index in [0.29, 0.717) is 31.6 Å². The average molecular weight is 326 g/mol. The quantitative estimate of drug-likeness (QED) is 0.828. The fourth-order valence-electron chi connectivity index (χ4n) is 2.98. The zero-order valence-corrected chi connectivity index (χ0v) is 13.1. The van der Waals surface area contributed by atoms with E-state index in [1.54, 1.807) is 6.07 Å². The highest BCUT2D eigenvalue weighted by Crippen LogP contribution is 2.23. The molecule has 0 atom stereocenters. The number of carboxylic acid groups (broad SMARTS) is 1. The van der Waals surface area contributed by atoms with Gasteiger partial charge in [0.2, 0.25) is 0 Å². The van der Waals surface area contributed by atoms with Crippen LogP contribution < -0.4 is 5.32 Å². The molecule has 2 aromatic rings.